The van der Waals surface area contributed by atoms with Crippen LogP contribution in [0.4, 0.5) is 13.2 Å². The molecule has 0 fully saturated rings. The van der Waals surface area contributed by atoms with Crippen LogP contribution in [0.25, 0.3) is 5.70 Å². The molecule has 0 aromatic heterocycles. The van der Waals surface area contributed by atoms with Gasteiger partial charge in [-0.15, -0.1) is 0 Å². The van der Waals surface area contributed by atoms with Crippen molar-refractivity contribution in [1.29, 1.82) is 5.26 Å². The zero-order chi connectivity index (χ0) is 14.6. The van der Waals surface area contributed by atoms with Gasteiger partial charge >= 0.3 is 6.18 Å². The number of benzene rings is 1. The molecule has 6 N–H and O–H groups in total. The molecule has 7 heteroatoms. The molecule has 1 aromatic carbocycles. The van der Waals surface area contributed by atoms with Gasteiger partial charge in [-0.2, -0.15) is 18.4 Å². The van der Waals surface area contributed by atoms with Crippen molar-refractivity contribution in [3.8, 4) is 6.07 Å². The van der Waals surface area contributed by atoms with Crippen LogP contribution < -0.4 is 17.2 Å². The smallest absolute Gasteiger partial charge is 0.398 e. The van der Waals surface area contributed by atoms with E-state index in [4.69, 9.17) is 22.5 Å². The Morgan fingerprint density at radius 1 is 1.16 bits per heavy atom. The van der Waals surface area contributed by atoms with E-state index in [-0.39, 0.29) is 17.1 Å². The van der Waals surface area contributed by atoms with Gasteiger partial charge in [-0.05, 0) is 29.8 Å². The summed E-state index contributed by atoms with van der Waals surface area (Å²) < 4.78 is 37.7. The average Bonchev–Trinajstić information content (AvgIpc) is 2.33. The molecule has 0 aliphatic heterocycles. The van der Waals surface area contributed by atoms with Crippen LogP contribution in [0.5, 0.6) is 0 Å². The Balaban J connectivity index is 3.26. The van der Waals surface area contributed by atoms with E-state index in [0.29, 0.717) is 0 Å². The molecule has 19 heavy (non-hydrogen) atoms. The number of nitrogens with zero attached hydrogens (tertiary/aromatic N) is 1. The summed E-state index contributed by atoms with van der Waals surface area (Å²) in [7, 11) is 0. The number of hydrogen-bond donors (Lipinski definition) is 3. The number of alkyl halides is 3. The van der Waals surface area contributed by atoms with Crippen molar-refractivity contribution in [3.05, 3.63) is 52.9 Å². The highest BCUT2D eigenvalue weighted by Gasteiger charge is 2.33. The van der Waals surface area contributed by atoms with Crippen molar-refractivity contribution in [3.63, 3.8) is 0 Å². The fourth-order valence-electron chi connectivity index (χ4n) is 1.35. The van der Waals surface area contributed by atoms with Gasteiger partial charge in [0.25, 0.3) is 0 Å². The maximum atomic E-state index is 12.6. The van der Waals surface area contributed by atoms with Gasteiger partial charge in [0, 0.05) is 5.70 Å². The van der Waals surface area contributed by atoms with Gasteiger partial charge in [0.1, 0.15) is 0 Å². The fraction of sp³-hybridized carbons (Fsp3) is 0.0833. The lowest BCUT2D eigenvalue weighted by molar-refractivity contribution is -0.137. The molecule has 0 aliphatic rings. The summed E-state index contributed by atoms with van der Waals surface area (Å²) >= 11 is 0. The Kier molecular flexibility index (Phi) is 4.07. The van der Waals surface area contributed by atoms with Gasteiger partial charge < -0.3 is 17.2 Å². The first-order chi connectivity index (χ1) is 8.75. The van der Waals surface area contributed by atoms with Crippen molar-refractivity contribution in [2.75, 3.05) is 0 Å². The standard InChI is InChI=1S/C12H11F3N4/c13-12(14,15)9-2-1-7(5-8(9)6-16)10(17)3-4-11(18)19/h1-5H,17-19H2/b10-3-. The Bertz CT molecular complexity index is 576. The molecule has 100 valence electrons. The lowest BCUT2D eigenvalue weighted by Crippen LogP contribution is -2.09. The van der Waals surface area contributed by atoms with Crippen LogP contribution in [0.3, 0.4) is 0 Å². The van der Waals surface area contributed by atoms with Crippen molar-refractivity contribution in [2.24, 2.45) is 17.2 Å². The molecular weight excluding hydrogens is 257 g/mol. The summed E-state index contributed by atoms with van der Waals surface area (Å²) in [6.07, 6.45) is -1.93. The number of allylic oxidation sites excluding steroid dienone is 2. The summed E-state index contributed by atoms with van der Waals surface area (Å²) in [6.45, 7) is 0. The number of rotatable bonds is 2. The van der Waals surface area contributed by atoms with Crippen molar-refractivity contribution < 1.29 is 13.2 Å². The molecule has 0 heterocycles. The Morgan fingerprint density at radius 2 is 1.79 bits per heavy atom. The minimum atomic E-state index is -4.58. The zero-order valence-electron chi connectivity index (χ0n) is 9.70. The quantitative estimate of drug-likeness (QED) is 0.709. The number of hydrogen-bond acceptors (Lipinski definition) is 4. The van der Waals surface area contributed by atoms with Crippen LogP contribution in [-0.2, 0) is 6.18 Å². The highest BCUT2D eigenvalue weighted by atomic mass is 19.4. The van der Waals surface area contributed by atoms with Gasteiger partial charge in [0.15, 0.2) is 0 Å². The molecule has 0 saturated carbocycles. The maximum absolute atomic E-state index is 12.6. The second kappa shape index (κ2) is 5.35. The van der Waals surface area contributed by atoms with E-state index < -0.39 is 17.3 Å². The highest BCUT2D eigenvalue weighted by molar-refractivity contribution is 5.66. The second-order valence-electron chi connectivity index (χ2n) is 3.66. The van der Waals surface area contributed by atoms with Gasteiger partial charge in [-0.1, -0.05) is 6.07 Å². The molecule has 1 rings (SSSR count). The summed E-state index contributed by atoms with van der Waals surface area (Å²) in [4.78, 5) is 0. The van der Waals surface area contributed by atoms with Gasteiger partial charge in [0.2, 0.25) is 0 Å². The minimum Gasteiger partial charge on any atom is -0.398 e. The molecule has 0 atom stereocenters. The predicted octanol–water partition coefficient (Wildman–Crippen LogP) is 1.64. The molecule has 0 amide bonds. The summed E-state index contributed by atoms with van der Waals surface area (Å²) in [6, 6.07) is 4.55. The topological polar surface area (TPSA) is 102 Å². The molecule has 0 aliphatic carbocycles. The van der Waals surface area contributed by atoms with Gasteiger partial charge in [0.05, 0.1) is 23.0 Å². The van der Waals surface area contributed by atoms with Crippen LogP contribution in [0.15, 0.2) is 36.2 Å². The normalized spacial score (nSPS) is 11.8. The van der Waals surface area contributed by atoms with Gasteiger partial charge in [-0.25, -0.2) is 0 Å². The first-order valence-corrected chi connectivity index (χ1v) is 5.06. The Hall–Kier alpha value is -2.62. The molecule has 0 saturated heterocycles. The first kappa shape index (κ1) is 14.4. The molecule has 1 aromatic rings. The number of nitrogens with two attached hydrogens (primary N) is 3. The monoisotopic (exact) mass is 268 g/mol. The second-order valence-corrected chi connectivity index (χ2v) is 3.66. The summed E-state index contributed by atoms with van der Waals surface area (Å²) in [5, 5.41) is 8.74. The lowest BCUT2D eigenvalue weighted by Gasteiger charge is -2.10. The molecular formula is C12H11F3N4. The van der Waals surface area contributed by atoms with E-state index in [9.17, 15) is 13.2 Å². The highest BCUT2D eigenvalue weighted by Crippen LogP contribution is 2.32. The minimum absolute atomic E-state index is 0.00960. The third kappa shape index (κ3) is 3.67. The molecule has 0 radical (unpaired) electrons. The predicted molar refractivity (Wildman–Crippen MR) is 64.8 cm³/mol. The van der Waals surface area contributed by atoms with E-state index in [1.807, 2.05) is 0 Å². The third-order valence-corrected chi connectivity index (χ3v) is 2.23. The SMILES string of the molecule is N#Cc1cc(/C(N)=C/C=C(N)N)ccc1C(F)(F)F. The van der Waals surface area contributed by atoms with E-state index in [1.54, 1.807) is 0 Å². The van der Waals surface area contributed by atoms with E-state index >= 15 is 0 Å². The molecule has 0 bridgehead atoms. The van der Waals surface area contributed by atoms with Crippen LogP contribution in [0.2, 0.25) is 0 Å². The number of nitriles is 1. The fourth-order valence-corrected chi connectivity index (χ4v) is 1.35. The van der Waals surface area contributed by atoms with Crippen LogP contribution >= 0.6 is 0 Å². The summed E-state index contributed by atoms with van der Waals surface area (Å²) in [5.41, 5.74) is 15.0. The van der Waals surface area contributed by atoms with E-state index in [1.165, 1.54) is 24.3 Å². The average molecular weight is 268 g/mol. The zero-order valence-corrected chi connectivity index (χ0v) is 9.70. The molecule has 0 spiro atoms. The third-order valence-electron chi connectivity index (χ3n) is 2.23. The first-order valence-electron chi connectivity index (χ1n) is 5.06. The molecule has 4 nitrogen and oxygen atoms in total. The van der Waals surface area contributed by atoms with Crippen LogP contribution in [0, 0.1) is 11.3 Å². The Labute approximate surface area is 107 Å². The maximum Gasteiger partial charge on any atom is 0.417 e. The van der Waals surface area contributed by atoms with Gasteiger partial charge in [-0.3, -0.25) is 0 Å². The largest absolute Gasteiger partial charge is 0.417 e. The number of halogens is 3. The van der Waals surface area contributed by atoms with E-state index in [2.05, 4.69) is 0 Å². The van der Waals surface area contributed by atoms with Crippen molar-refractivity contribution in [1.82, 2.24) is 0 Å². The van der Waals surface area contributed by atoms with Crippen molar-refractivity contribution in [2.45, 2.75) is 6.18 Å². The van der Waals surface area contributed by atoms with E-state index in [0.717, 1.165) is 12.1 Å². The Morgan fingerprint density at radius 3 is 2.26 bits per heavy atom. The summed E-state index contributed by atoms with van der Waals surface area (Å²) in [5.74, 6) is 0.00960. The van der Waals surface area contributed by atoms with Crippen molar-refractivity contribution >= 4 is 5.70 Å². The van der Waals surface area contributed by atoms with Crippen LogP contribution in [0.1, 0.15) is 16.7 Å². The van der Waals surface area contributed by atoms with Crippen LogP contribution in [-0.4, -0.2) is 0 Å². The lowest BCUT2D eigenvalue weighted by atomic mass is 10.0. The molecule has 0 unspecified atom stereocenters.